The van der Waals surface area contributed by atoms with Crippen LogP contribution in [0.15, 0.2) is 30.3 Å². The van der Waals surface area contributed by atoms with Gasteiger partial charge in [0.05, 0.1) is 0 Å². The van der Waals surface area contributed by atoms with Crippen molar-refractivity contribution < 1.29 is 14.3 Å². The largest absolute Gasteiger partial charge is 0.406 e. The van der Waals surface area contributed by atoms with Crippen molar-refractivity contribution in [2.75, 3.05) is 6.61 Å². The molecule has 0 saturated carbocycles. The summed E-state index contributed by atoms with van der Waals surface area (Å²) in [6.45, 7) is 0.646. The first kappa shape index (κ1) is 10.8. The molecule has 1 aromatic rings. The van der Waals surface area contributed by atoms with Gasteiger partial charge in [0.2, 0.25) is 0 Å². The lowest BCUT2D eigenvalue weighted by molar-refractivity contribution is 0.0388. The van der Waals surface area contributed by atoms with Crippen molar-refractivity contribution in [2.45, 2.75) is 25.0 Å². The zero-order chi connectivity index (χ0) is 10.7. The van der Waals surface area contributed by atoms with Crippen LogP contribution in [0.3, 0.4) is 0 Å². The molecule has 1 unspecified atom stereocenters. The fourth-order valence-corrected chi connectivity index (χ4v) is 3.94. The van der Waals surface area contributed by atoms with Gasteiger partial charge in [-0.25, -0.2) is 0 Å². The van der Waals surface area contributed by atoms with Gasteiger partial charge in [-0.05, 0) is 24.4 Å². The van der Waals surface area contributed by atoms with Gasteiger partial charge < -0.3 is 14.3 Å². The predicted molar refractivity (Wildman–Crippen MR) is 59.9 cm³/mol. The Labute approximate surface area is 90.6 Å². The molecule has 1 heterocycles. The lowest BCUT2D eigenvalue weighted by atomic mass is 10.2. The van der Waals surface area contributed by atoms with Gasteiger partial charge in [-0.3, -0.25) is 0 Å². The van der Waals surface area contributed by atoms with E-state index in [0.717, 1.165) is 19.3 Å². The summed E-state index contributed by atoms with van der Waals surface area (Å²) in [4.78, 5) is 20.4. The Morgan fingerprint density at radius 2 is 1.87 bits per heavy atom. The van der Waals surface area contributed by atoms with E-state index in [2.05, 4.69) is 0 Å². The molecule has 15 heavy (non-hydrogen) atoms. The second-order valence-corrected chi connectivity index (χ2v) is 6.62. The minimum Gasteiger partial charge on any atom is -0.406 e. The van der Waals surface area contributed by atoms with Crippen molar-refractivity contribution in [1.29, 1.82) is 0 Å². The molecule has 0 bridgehead atoms. The summed E-state index contributed by atoms with van der Waals surface area (Å²) in [5.74, 6) is 0. The first-order chi connectivity index (χ1) is 7.21. The fraction of sp³-hybridized carbons (Fsp3) is 0.455. The molecule has 0 amide bonds. The smallest absolute Gasteiger partial charge is 0.397 e. The number of hydrogen-bond acceptors (Lipinski definition) is 3. The van der Waals surface area contributed by atoms with E-state index < -0.39 is 8.56 Å². The molecule has 0 radical (unpaired) electrons. The van der Waals surface area contributed by atoms with Crippen LogP contribution in [0, 0.1) is 0 Å². The van der Waals surface area contributed by atoms with Gasteiger partial charge in [-0.15, -0.1) is 0 Å². The zero-order valence-electron chi connectivity index (χ0n) is 8.60. The molecule has 1 aromatic carbocycles. The predicted octanol–water partition coefficient (Wildman–Crippen LogP) is 0.429. The van der Waals surface area contributed by atoms with Gasteiger partial charge in [0, 0.05) is 6.61 Å². The van der Waals surface area contributed by atoms with E-state index in [0.29, 0.717) is 11.8 Å². The van der Waals surface area contributed by atoms with Crippen molar-refractivity contribution in [3.8, 4) is 0 Å². The maximum atomic E-state index is 10.2. The molecule has 0 spiro atoms. The Morgan fingerprint density at radius 1 is 1.13 bits per heavy atom. The van der Waals surface area contributed by atoms with Crippen LogP contribution in [-0.4, -0.2) is 30.5 Å². The maximum Gasteiger partial charge on any atom is 0.397 e. The van der Waals surface area contributed by atoms with E-state index in [-0.39, 0.29) is 5.73 Å². The highest BCUT2D eigenvalue weighted by Crippen LogP contribution is 2.18. The van der Waals surface area contributed by atoms with Crippen molar-refractivity contribution in [3.63, 3.8) is 0 Å². The Bertz CT molecular complexity index is 307. The molecule has 1 atom stereocenters. The molecular weight excluding hydrogens is 208 g/mol. The molecule has 1 aliphatic rings. The van der Waals surface area contributed by atoms with E-state index in [1.165, 1.54) is 0 Å². The summed E-state index contributed by atoms with van der Waals surface area (Å²) in [6, 6.07) is 9.06. The molecule has 0 aromatic heterocycles. The van der Waals surface area contributed by atoms with Crippen molar-refractivity contribution in [3.05, 3.63) is 30.3 Å². The molecule has 1 saturated heterocycles. The summed E-state index contributed by atoms with van der Waals surface area (Å²) in [7, 11) is -3.40. The molecule has 2 rings (SSSR count). The molecule has 1 aliphatic heterocycles. The number of hydrogen-bond donors (Lipinski definition) is 2. The van der Waals surface area contributed by atoms with Crippen LogP contribution in [0.25, 0.3) is 0 Å². The zero-order valence-corrected chi connectivity index (χ0v) is 9.60. The maximum absolute atomic E-state index is 10.2. The van der Waals surface area contributed by atoms with Gasteiger partial charge in [-0.1, -0.05) is 30.3 Å². The highest BCUT2D eigenvalue weighted by molar-refractivity contribution is 6.79. The van der Waals surface area contributed by atoms with Gasteiger partial charge in [0.15, 0.2) is 0 Å². The van der Waals surface area contributed by atoms with Crippen LogP contribution in [0.4, 0.5) is 0 Å². The lowest BCUT2D eigenvalue weighted by Crippen LogP contribution is -2.60. The molecule has 3 nitrogen and oxygen atoms in total. The third kappa shape index (κ3) is 2.29. The highest BCUT2D eigenvalue weighted by atomic mass is 28.4. The lowest BCUT2D eigenvalue weighted by Gasteiger charge is -2.31. The second kappa shape index (κ2) is 4.45. The number of benzene rings is 1. The van der Waals surface area contributed by atoms with E-state index in [4.69, 9.17) is 4.74 Å². The summed E-state index contributed by atoms with van der Waals surface area (Å²) >= 11 is 0. The molecular formula is C11H16O3Si. The summed E-state index contributed by atoms with van der Waals surface area (Å²) in [5, 5.41) is 0.636. The van der Waals surface area contributed by atoms with Gasteiger partial charge >= 0.3 is 8.56 Å². The average Bonchev–Trinajstić information content (AvgIpc) is 2.31. The third-order valence-electron chi connectivity index (χ3n) is 2.83. The SMILES string of the molecule is O[Si](O)(c1ccccc1)C1CCCCO1. The molecule has 1 fully saturated rings. The van der Waals surface area contributed by atoms with Gasteiger partial charge in [-0.2, -0.15) is 0 Å². The Hall–Kier alpha value is -0.683. The normalized spacial score (nSPS) is 22.7. The van der Waals surface area contributed by atoms with Crippen LogP contribution >= 0.6 is 0 Å². The van der Waals surface area contributed by atoms with Crippen LogP contribution in [0.5, 0.6) is 0 Å². The van der Waals surface area contributed by atoms with E-state index >= 15 is 0 Å². The Morgan fingerprint density at radius 3 is 2.47 bits per heavy atom. The van der Waals surface area contributed by atoms with Crippen molar-refractivity contribution in [2.24, 2.45) is 0 Å². The molecule has 2 N–H and O–H groups in total. The van der Waals surface area contributed by atoms with Crippen molar-refractivity contribution in [1.82, 2.24) is 0 Å². The van der Waals surface area contributed by atoms with Crippen LogP contribution in [0.1, 0.15) is 19.3 Å². The first-order valence-corrected chi connectivity index (χ1v) is 7.30. The third-order valence-corrected chi connectivity index (χ3v) is 5.36. The summed E-state index contributed by atoms with van der Waals surface area (Å²) in [5.41, 5.74) is -0.367. The van der Waals surface area contributed by atoms with Crippen LogP contribution in [0.2, 0.25) is 0 Å². The van der Waals surface area contributed by atoms with Crippen LogP contribution in [-0.2, 0) is 4.74 Å². The van der Waals surface area contributed by atoms with E-state index in [1.54, 1.807) is 12.1 Å². The molecule has 0 aliphatic carbocycles. The van der Waals surface area contributed by atoms with Crippen LogP contribution < -0.4 is 5.19 Å². The van der Waals surface area contributed by atoms with E-state index in [9.17, 15) is 9.59 Å². The van der Waals surface area contributed by atoms with Crippen molar-refractivity contribution >= 4 is 13.7 Å². The minimum atomic E-state index is -3.40. The van der Waals surface area contributed by atoms with Gasteiger partial charge in [0.1, 0.15) is 5.73 Å². The quantitative estimate of drug-likeness (QED) is 0.716. The standard InChI is InChI=1S/C11H16O3Si/c12-15(13,10-6-2-1-3-7-10)11-8-4-5-9-14-11/h1-3,6-7,11-13H,4-5,8-9H2. The topological polar surface area (TPSA) is 49.7 Å². The number of ether oxygens (including phenoxy) is 1. The minimum absolute atomic E-state index is 0.367. The first-order valence-electron chi connectivity index (χ1n) is 5.33. The fourth-order valence-electron chi connectivity index (χ4n) is 1.93. The highest BCUT2D eigenvalue weighted by Gasteiger charge is 2.43. The Balaban J connectivity index is 2.18. The second-order valence-electron chi connectivity index (χ2n) is 3.95. The summed E-state index contributed by atoms with van der Waals surface area (Å²) in [6.07, 6.45) is 2.80. The monoisotopic (exact) mass is 224 g/mol. The molecule has 82 valence electrons. The summed E-state index contributed by atoms with van der Waals surface area (Å²) < 4.78 is 5.46. The molecule has 4 heteroatoms. The van der Waals surface area contributed by atoms with Gasteiger partial charge in [0.25, 0.3) is 0 Å². The Kier molecular flexibility index (Phi) is 3.21. The number of rotatable bonds is 2. The average molecular weight is 224 g/mol. The van der Waals surface area contributed by atoms with E-state index in [1.807, 2.05) is 18.2 Å².